The molecule has 1 aromatic carbocycles. The van der Waals surface area contributed by atoms with Gasteiger partial charge in [-0.15, -0.1) is 0 Å². The van der Waals surface area contributed by atoms with Gasteiger partial charge in [-0.05, 0) is 36.4 Å². The lowest BCUT2D eigenvalue weighted by atomic mass is 10.3. The first-order chi connectivity index (χ1) is 10.7. The first-order valence-corrected chi connectivity index (χ1v) is 7.27. The Morgan fingerprint density at radius 2 is 2.09 bits per heavy atom. The Kier molecular flexibility index (Phi) is 4.24. The van der Waals surface area contributed by atoms with Gasteiger partial charge in [0.25, 0.3) is 5.91 Å². The Labute approximate surface area is 134 Å². The van der Waals surface area contributed by atoms with E-state index in [4.69, 9.17) is 9.15 Å². The third-order valence-electron chi connectivity index (χ3n) is 2.84. The molecule has 3 rings (SSSR count). The number of anilines is 1. The van der Waals surface area contributed by atoms with Crippen LogP contribution in [0.4, 0.5) is 5.69 Å². The van der Waals surface area contributed by atoms with Gasteiger partial charge in [0.1, 0.15) is 18.1 Å². The van der Waals surface area contributed by atoms with Crippen molar-refractivity contribution in [1.82, 2.24) is 10.2 Å². The van der Waals surface area contributed by atoms with Crippen LogP contribution < -0.4 is 10.1 Å². The van der Waals surface area contributed by atoms with Crippen molar-refractivity contribution in [2.75, 3.05) is 5.32 Å². The summed E-state index contributed by atoms with van der Waals surface area (Å²) in [5.74, 6) is 1.18. The number of amides is 1. The highest BCUT2D eigenvalue weighted by atomic mass is 79.9. The van der Waals surface area contributed by atoms with Crippen LogP contribution >= 0.6 is 15.9 Å². The fraction of sp³-hybridized carbons (Fsp3) is 0.0667. The van der Waals surface area contributed by atoms with Crippen molar-refractivity contribution in [2.45, 2.75) is 6.61 Å². The standard InChI is InChI=1S/C15H12BrN3O3/c16-10-1-3-12(4-2-10)21-9-13-5-6-14(22-13)15(20)19-11-7-17-18-8-11/h1-8H,9H2,(H,17,18)(H,19,20). The van der Waals surface area contributed by atoms with Gasteiger partial charge in [0.2, 0.25) is 0 Å². The van der Waals surface area contributed by atoms with Crippen LogP contribution in [0.5, 0.6) is 5.75 Å². The highest BCUT2D eigenvalue weighted by Crippen LogP contribution is 2.18. The molecule has 6 nitrogen and oxygen atoms in total. The monoisotopic (exact) mass is 361 g/mol. The number of hydrogen-bond acceptors (Lipinski definition) is 4. The van der Waals surface area contributed by atoms with E-state index in [1.165, 1.54) is 6.20 Å². The quantitative estimate of drug-likeness (QED) is 0.727. The normalized spacial score (nSPS) is 10.4. The lowest BCUT2D eigenvalue weighted by Gasteiger charge is -2.04. The molecule has 0 aliphatic heterocycles. The minimum absolute atomic E-state index is 0.218. The SMILES string of the molecule is O=C(Nc1cn[nH]c1)c1ccc(COc2ccc(Br)cc2)o1. The van der Waals surface area contributed by atoms with Crippen molar-refractivity contribution in [1.29, 1.82) is 0 Å². The van der Waals surface area contributed by atoms with Crippen molar-refractivity contribution >= 4 is 27.5 Å². The summed E-state index contributed by atoms with van der Waals surface area (Å²) in [5, 5.41) is 9.02. The van der Waals surface area contributed by atoms with Crippen LogP contribution in [-0.4, -0.2) is 16.1 Å². The second-order valence-electron chi connectivity index (χ2n) is 4.45. The Morgan fingerprint density at radius 1 is 1.27 bits per heavy atom. The van der Waals surface area contributed by atoms with E-state index >= 15 is 0 Å². The summed E-state index contributed by atoms with van der Waals surface area (Å²) in [6.45, 7) is 0.251. The largest absolute Gasteiger partial charge is 0.486 e. The molecule has 0 atom stereocenters. The second kappa shape index (κ2) is 6.48. The number of nitrogens with zero attached hydrogens (tertiary/aromatic N) is 1. The maximum absolute atomic E-state index is 11.9. The molecular formula is C15H12BrN3O3. The number of halogens is 1. The fourth-order valence-electron chi connectivity index (χ4n) is 1.77. The molecule has 0 aliphatic carbocycles. The molecule has 0 fully saturated rings. The van der Waals surface area contributed by atoms with Gasteiger partial charge in [0.05, 0.1) is 11.9 Å². The molecule has 0 saturated carbocycles. The molecular weight excluding hydrogens is 350 g/mol. The highest BCUT2D eigenvalue weighted by molar-refractivity contribution is 9.10. The van der Waals surface area contributed by atoms with E-state index in [1.54, 1.807) is 18.3 Å². The summed E-state index contributed by atoms with van der Waals surface area (Å²) < 4.78 is 12.0. The zero-order valence-electron chi connectivity index (χ0n) is 11.4. The third kappa shape index (κ3) is 3.56. The van der Waals surface area contributed by atoms with E-state index in [0.717, 1.165) is 10.2 Å². The summed E-state index contributed by atoms with van der Waals surface area (Å²) in [6.07, 6.45) is 3.09. The van der Waals surface area contributed by atoms with Gasteiger partial charge in [0.15, 0.2) is 5.76 Å². The molecule has 22 heavy (non-hydrogen) atoms. The Hall–Kier alpha value is -2.54. The predicted octanol–water partition coefficient (Wildman–Crippen LogP) is 3.60. The number of benzene rings is 1. The van der Waals surface area contributed by atoms with Gasteiger partial charge in [-0.2, -0.15) is 5.10 Å². The van der Waals surface area contributed by atoms with E-state index < -0.39 is 0 Å². The molecule has 0 spiro atoms. The van der Waals surface area contributed by atoms with E-state index in [9.17, 15) is 4.79 Å². The maximum Gasteiger partial charge on any atom is 0.291 e. The average Bonchev–Trinajstić information content (AvgIpc) is 3.18. The van der Waals surface area contributed by atoms with E-state index in [1.807, 2.05) is 24.3 Å². The molecule has 112 valence electrons. The average molecular weight is 362 g/mol. The minimum atomic E-state index is -0.337. The van der Waals surface area contributed by atoms with Crippen molar-refractivity contribution < 1.29 is 13.9 Å². The number of carbonyl (C=O) groups is 1. The van der Waals surface area contributed by atoms with Crippen LogP contribution in [-0.2, 0) is 6.61 Å². The van der Waals surface area contributed by atoms with Gasteiger partial charge >= 0.3 is 0 Å². The van der Waals surface area contributed by atoms with Crippen molar-refractivity contribution in [2.24, 2.45) is 0 Å². The van der Waals surface area contributed by atoms with Crippen LogP contribution in [0.2, 0.25) is 0 Å². The molecule has 0 aliphatic rings. The van der Waals surface area contributed by atoms with Gasteiger partial charge in [-0.1, -0.05) is 15.9 Å². The number of aromatic amines is 1. The number of ether oxygens (including phenoxy) is 1. The summed E-state index contributed by atoms with van der Waals surface area (Å²) in [6, 6.07) is 10.8. The zero-order chi connectivity index (χ0) is 15.4. The second-order valence-corrected chi connectivity index (χ2v) is 5.37. The predicted molar refractivity (Wildman–Crippen MR) is 83.7 cm³/mol. The van der Waals surface area contributed by atoms with E-state index in [2.05, 4.69) is 31.4 Å². The van der Waals surface area contributed by atoms with E-state index in [-0.39, 0.29) is 18.3 Å². The fourth-order valence-corrected chi connectivity index (χ4v) is 2.04. The van der Waals surface area contributed by atoms with Gasteiger partial charge < -0.3 is 14.5 Å². The Bertz CT molecular complexity index is 751. The lowest BCUT2D eigenvalue weighted by molar-refractivity contribution is 0.0992. The van der Waals surface area contributed by atoms with Crippen LogP contribution in [0.25, 0.3) is 0 Å². The number of hydrogen-bond donors (Lipinski definition) is 2. The lowest BCUT2D eigenvalue weighted by Crippen LogP contribution is -2.10. The smallest absolute Gasteiger partial charge is 0.291 e. The van der Waals surface area contributed by atoms with Gasteiger partial charge in [-0.3, -0.25) is 9.89 Å². The van der Waals surface area contributed by atoms with Gasteiger partial charge in [-0.25, -0.2) is 0 Å². The summed E-state index contributed by atoms with van der Waals surface area (Å²) in [4.78, 5) is 11.9. The topological polar surface area (TPSA) is 80.2 Å². The summed E-state index contributed by atoms with van der Waals surface area (Å²) in [5.41, 5.74) is 0.578. The number of furan rings is 1. The number of aromatic nitrogens is 2. The molecule has 0 unspecified atom stereocenters. The van der Waals surface area contributed by atoms with Gasteiger partial charge in [0, 0.05) is 10.7 Å². The Morgan fingerprint density at radius 3 is 2.82 bits per heavy atom. The number of rotatable bonds is 5. The number of carbonyl (C=O) groups excluding carboxylic acids is 1. The molecule has 1 amide bonds. The first-order valence-electron chi connectivity index (χ1n) is 6.48. The van der Waals surface area contributed by atoms with Crippen LogP contribution in [0.3, 0.4) is 0 Å². The van der Waals surface area contributed by atoms with Crippen molar-refractivity contribution in [3.05, 3.63) is 64.8 Å². The van der Waals surface area contributed by atoms with E-state index in [0.29, 0.717) is 11.4 Å². The Balaban J connectivity index is 1.58. The maximum atomic E-state index is 11.9. The molecule has 2 N–H and O–H groups in total. The van der Waals surface area contributed by atoms with Crippen LogP contribution in [0, 0.1) is 0 Å². The molecule has 3 aromatic rings. The zero-order valence-corrected chi connectivity index (χ0v) is 13.0. The minimum Gasteiger partial charge on any atom is -0.486 e. The molecule has 2 heterocycles. The van der Waals surface area contributed by atoms with Crippen molar-refractivity contribution in [3.63, 3.8) is 0 Å². The van der Waals surface area contributed by atoms with Crippen LogP contribution in [0.1, 0.15) is 16.3 Å². The highest BCUT2D eigenvalue weighted by Gasteiger charge is 2.12. The summed E-state index contributed by atoms with van der Waals surface area (Å²) >= 11 is 3.36. The first kappa shape index (κ1) is 14.4. The summed E-state index contributed by atoms with van der Waals surface area (Å²) in [7, 11) is 0. The number of H-pyrrole nitrogens is 1. The number of nitrogens with one attached hydrogen (secondary N) is 2. The molecule has 0 bridgehead atoms. The molecule has 2 aromatic heterocycles. The third-order valence-corrected chi connectivity index (χ3v) is 3.36. The van der Waals surface area contributed by atoms with Crippen molar-refractivity contribution in [3.8, 4) is 5.75 Å². The molecule has 7 heteroatoms. The van der Waals surface area contributed by atoms with Crippen LogP contribution in [0.15, 0.2) is 57.7 Å². The molecule has 0 radical (unpaired) electrons. The molecule has 0 saturated heterocycles.